The smallest absolute Gasteiger partial charge is 0.363 e. The minimum Gasteiger partial charge on any atom is -0.363 e. The molecule has 0 radical (unpaired) electrons. The summed E-state index contributed by atoms with van der Waals surface area (Å²) in [6, 6.07) is 1.94. The lowest BCUT2D eigenvalue weighted by Gasteiger charge is -2.24. The molecule has 1 aromatic heterocycles. The quantitative estimate of drug-likeness (QED) is 0.612. The highest BCUT2D eigenvalue weighted by Crippen LogP contribution is 2.36. The summed E-state index contributed by atoms with van der Waals surface area (Å²) in [4.78, 5) is 25.9. The summed E-state index contributed by atoms with van der Waals surface area (Å²) in [6.07, 6.45) is -8.64. The van der Waals surface area contributed by atoms with E-state index in [4.69, 9.17) is 0 Å². The number of halogens is 6. The zero-order valence-electron chi connectivity index (χ0n) is 16.5. The number of nitrogens with zero attached hydrogens (tertiary/aromatic N) is 2. The Labute approximate surface area is 173 Å². The number of aromatic nitrogens is 1. The molecule has 0 saturated carbocycles. The third-order valence-electron chi connectivity index (χ3n) is 4.14. The Morgan fingerprint density at radius 2 is 1.65 bits per heavy atom. The number of benzene rings is 1. The number of amides is 2. The Balaban J connectivity index is 2.36. The Kier molecular flexibility index (Phi) is 7.34. The van der Waals surface area contributed by atoms with Gasteiger partial charge in [0.1, 0.15) is 12.8 Å². The number of anilines is 1. The van der Waals surface area contributed by atoms with Crippen molar-refractivity contribution < 1.29 is 40.5 Å². The van der Waals surface area contributed by atoms with E-state index in [-0.39, 0.29) is 24.3 Å². The predicted octanol–water partition coefficient (Wildman–Crippen LogP) is 4.84. The SMILES string of the molecule is CC(C)CCN(CC(=O)Nc1ccon1)C(=O)c1cc(C(F)(F)F)cc(C(F)(F)F)c1. The molecule has 6 nitrogen and oxygen atoms in total. The normalized spacial score (nSPS) is 12.2. The molecule has 1 aromatic carbocycles. The number of hydrogen-bond acceptors (Lipinski definition) is 4. The fourth-order valence-electron chi connectivity index (χ4n) is 2.56. The van der Waals surface area contributed by atoms with E-state index in [1.165, 1.54) is 12.3 Å². The highest BCUT2D eigenvalue weighted by atomic mass is 19.4. The highest BCUT2D eigenvalue weighted by Gasteiger charge is 2.38. The second kappa shape index (κ2) is 9.40. The van der Waals surface area contributed by atoms with Gasteiger partial charge in [0.25, 0.3) is 5.91 Å². The zero-order valence-corrected chi connectivity index (χ0v) is 16.5. The van der Waals surface area contributed by atoms with Crippen LogP contribution in [0.15, 0.2) is 35.1 Å². The monoisotopic (exact) mass is 451 g/mol. The number of hydrogen-bond donors (Lipinski definition) is 1. The largest absolute Gasteiger partial charge is 0.416 e. The van der Waals surface area contributed by atoms with Gasteiger partial charge in [0, 0.05) is 18.2 Å². The Bertz CT molecular complexity index is 875. The minimum atomic E-state index is -5.09. The third-order valence-corrected chi connectivity index (χ3v) is 4.14. The average Bonchev–Trinajstić information content (AvgIpc) is 3.15. The molecule has 0 aliphatic rings. The standard InChI is InChI=1S/C19H19F6N3O3/c1-11(2)3-5-28(10-16(29)26-15-4-6-31-27-15)17(30)12-7-13(18(20,21)22)9-14(8-12)19(23,24)25/h4,6-9,11H,3,5,10H2,1-2H3,(H,26,27,29). The van der Waals surface area contributed by atoms with Crippen LogP contribution in [0.5, 0.6) is 0 Å². The molecule has 31 heavy (non-hydrogen) atoms. The van der Waals surface area contributed by atoms with Crippen molar-refractivity contribution in [3.8, 4) is 0 Å². The molecule has 2 rings (SSSR count). The Morgan fingerprint density at radius 3 is 2.10 bits per heavy atom. The van der Waals surface area contributed by atoms with E-state index >= 15 is 0 Å². The van der Waals surface area contributed by atoms with E-state index in [0.717, 1.165) is 4.90 Å². The number of carbonyl (C=O) groups is 2. The molecule has 170 valence electrons. The van der Waals surface area contributed by atoms with Crippen molar-refractivity contribution in [2.24, 2.45) is 5.92 Å². The van der Waals surface area contributed by atoms with Gasteiger partial charge < -0.3 is 14.7 Å². The molecule has 2 aromatic rings. The number of carbonyl (C=O) groups excluding carboxylic acids is 2. The molecule has 0 atom stereocenters. The van der Waals surface area contributed by atoms with Crippen LogP contribution >= 0.6 is 0 Å². The molecule has 0 unspecified atom stereocenters. The van der Waals surface area contributed by atoms with Crippen molar-refractivity contribution in [2.75, 3.05) is 18.4 Å². The summed E-state index contributed by atoms with van der Waals surface area (Å²) in [5.41, 5.74) is -4.04. The molecule has 0 spiro atoms. The molecule has 1 heterocycles. The van der Waals surface area contributed by atoms with E-state index < -0.39 is 47.4 Å². The van der Waals surface area contributed by atoms with Gasteiger partial charge in [-0.3, -0.25) is 9.59 Å². The molecular formula is C19H19F6N3O3. The summed E-state index contributed by atoms with van der Waals surface area (Å²) in [5, 5.41) is 5.78. The summed E-state index contributed by atoms with van der Waals surface area (Å²) in [6.45, 7) is 2.96. The van der Waals surface area contributed by atoms with E-state index in [9.17, 15) is 35.9 Å². The van der Waals surface area contributed by atoms with Gasteiger partial charge in [-0.2, -0.15) is 26.3 Å². The van der Waals surface area contributed by atoms with Crippen LogP contribution in [-0.4, -0.2) is 35.0 Å². The van der Waals surface area contributed by atoms with Crippen LogP contribution in [-0.2, 0) is 17.1 Å². The van der Waals surface area contributed by atoms with Gasteiger partial charge in [-0.25, -0.2) is 0 Å². The molecule has 2 amide bonds. The second-order valence-corrected chi connectivity index (χ2v) is 7.14. The van der Waals surface area contributed by atoms with Gasteiger partial charge in [-0.15, -0.1) is 0 Å². The molecule has 0 bridgehead atoms. The van der Waals surface area contributed by atoms with Crippen molar-refractivity contribution in [1.82, 2.24) is 10.1 Å². The van der Waals surface area contributed by atoms with Crippen LogP contribution in [0.3, 0.4) is 0 Å². The van der Waals surface area contributed by atoms with E-state index in [2.05, 4.69) is 15.0 Å². The van der Waals surface area contributed by atoms with E-state index in [1.807, 2.05) is 13.8 Å². The van der Waals surface area contributed by atoms with Gasteiger partial charge in [0.05, 0.1) is 11.1 Å². The van der Waals surface area contributed by atoms with Crippen molar-refractivity contribution in [3.63, 3.8) is 0 Å². The van der Waals surface area contributed by atoms with Gasteiger partial charge in [-0.05, 0) is 30.5 Å². The van der Waals surface area contributed by atoms with Crippen LogP contribution in [0.2, 0.25) is 0 Å². The summed E-state index contributed by atoms with van der Waals surface area (Å²) in [5.74, 6) is -1.78. The van der Waals surface area contributed by atoms with Crippen molar-refractivity contribution in [3.05, 3.63) is 47.2 Å². The van der Waals surface area contributed by atoms with Gasteiger partial charge in [-0.1, -0.05) is 19.0 Å². The molecule has 1 N–H and O–H groups in total. The predicted molar refractivity (Wildman–Crippen MR) is 96.9 cm³/mol. The lowest BCUT2D eigenvalue weighted by Crippen LogP contribution is -2.39. The van der Waals surface area contributed by atoms with Crippen LogP contribution in [0.1, 0.15) is 41.8 Å². The molecular weight excluding hydrogens is 432 g/mol. The summed E-state index contributed by atoms with van der Waals surface area (Å²) >= 11 is 0. The first-order valence-corrected chi connectivity index (χ1v) is 9.06. The number of nitrogens with one attached hydrogen (secondary N) is 1. The third kappa shape index (κ3) is 7.00. The van der Waals surface area contributed by atoms with Crippen molar-refractivity contribution in [2.45, 2.75) is 32.6 Å². The topological polar surface area (TPSA) is 75.4 Å². The maximum atomic E-state index is 13.1. The summed E-state index contributed by atoms with van der Waals surface area (Å²) < 4.78 is 83.2. The second-order valence-electron chi connectivity index (χ2n) is 7.14. The van der Waals surface area contributed by atoms with Crippen LogP contribution in [0.25, 0.3) is 0 Å². The van der Waals surface area contributed by atoms with Crippen LogP contribution in [0, 0.1) is 5.92 Å². The Morgan fingerprint density at radius 1 is 1.06 bits per heavy atom. The maximum absolute atomic E-state index is 13.1. The van der Waals surface area contributed by atoms with E-state index in [1.54, 1.807) is 0 Å². The zero-order chi connectivity index (χ0) is 23.4. The number of alkyl halides is 6. The maximum Gasteiger partial charge on any atom is 0.416 e. The Hall–Kier alpha value is -3.05. The lowest BCUT2D eigenvalue weighted by atomic mass is 10.0. The number of rotatable bonds is 7. The molecule has 0 saturated heterocycles. The molecule has 0 fully saturated rings. The molecule has 0 aliphatic carbocycles. The average molecular weight is 451 g/mol. The lowest BCUT2D eigenvalue weighted by molar-refractivity contribution is -0.143. The first-order valence-electron chi connectivity index (χ1n) is 9.06. The summed E-state index contributed by atoms with van der Waals surface area (Å²) in [7, 11) is 0. The van der Waals surface area contributed by atoms with Gasteiger partial charge in [0.15, 0.2) is 5.82 Å². The van der Waals surface area contributed by atoms with Crippen molar-refractivity contribution in [1.29, 1.82) is 0 Å². The van der Waals surface area contributed by atoms with Crippen LogP contribution in [0.4, 0.5) is 32.2 Å². The molecule has 0 aliphatic heterocycles. The van der Waals surface area contributed by atoms with Gasteiger partial charge >= 0.3 is 12.4 Å². The molecule has 12 heteroatoms. The van der Waals surface area contributed by atoms with Crippen molar-refractivity contribution >= 4 is 17.6 Å². The van der Waals surface area contributed by atoms with E-state index in [0.29, 0.717) is 18.6 Å². The van der Waals surface area contributed by atoms with Gasteiger partial charge in [0.2, 0.25) is 5.91 Å². The first-order chi connectivity index (χ1) is 14.3. The highest BCUT2D eigenvalue weighted by molar-refractivity contribution is 5.99. The van der Waals surface area contributed by atoms with Crippen LogP contribution < -0.4 is 5.32 Å². The fraction of sp³-hybridized carbons (Fsp3) is 0.421. The first kappa shape index (κ1) is 24.2. The minimum absolute atomic E-state index is 0.0414. The fourth-order valence-corrected chi connectivity index (χ4v) is 2.56.